The van der Waals surface area contributed by atoms with Crippen LogP contribution in [-0.4, -0.2) is 36.8 Å². The first-order valence-electron chi connectivity index (χ1n) is 8.37. The predicted octanol–water partition coefficient (Wildman–Crippen LogP) is 2.06. The van der Waals surface area contributed by atoms with Crippen molar-refractivity contribution in [1.29, 1.82) is 0 Å². The molecular weight excluding hydrogens is 324 g/mol. The number of halogens is 1. The third-order valence-corrected chi connectivity index (χ3v) is 5.17. The maximum Gasteiger partial charge on any atom is 0.223 e. The van der Waals surface area contributed by atoms with Crippen LogP contribution in [0.2, 0.25) is 0 Å². The first-order valence-corrected chi connectivity index (χ1v) is 8.37. The summed E-state index contributed by atoms with van der Waals surface area (Å²) in [7, 11) is 0. The van der Waals surface area contributed by atoms with Gasteiger partial charge in [-0.2, -0.15) is 0 Å². The Bertz CT molecular complexity index is 736. The van der Waals surface area contributed by atoms with Crippen LogP contribution in [0.4, 0.5) is 0 Å². The number of carbonyl (C=O) groups is 1. The van der Waals surface area contributed by atoms with Crippen LogP contribution in [0.1, 0.15) is 17.9 Å². The van der Waals surface area contributed by atoms with Gasteiger partial charge in [-0.15, -0.1) is 12.4 Å². The number of β-amino-alcohol motifs (C(OH)–C–C–N with tert-alkyl or cyclic N) is 1. The van der Waals surface area contributed by atoms with Crippen molar-refractivity contribution in [2.45, 2.75) is 18.4 Å². The topological polar surface area (TPSA) is 61.4 Å². The summed E-state index contributed by atoms with van der Waals surface area (Å²) in [6.07, 6.45) is 0.584. The molecule has 4 unspecified atom stereocenters. The molecule has 0 aromatic heterocycles. The Morgan fingerprint density at radius 3 is 2.71 bits per heavy atom. The van der Waals surface area contributed by atoms with Gasteiger partial charge in [0.2, 0.25) is 5.91 Å². The van der Waals surface area contributed by atoms with Crippen molar-refractivity contribution < 1.29 is 9.90 Å². The highest BCUT2D eigenvalue weighted by atomic mass is 35.5. The van der Waals surface area contributed by atoms with Gasteiger partial charge in [-0.25, -0.2) is 0 Å². The van der Waals surface area contributed by atoms with Crippen LogP contribution in [0.15, 0.2) is 42.5 Å². The van der Waals surface area contributed by atoms with Gasteiger partial charge >= 0.3 is 0 Å². The number of rotatable bonds is 4. The van der Waals surface area contributed by atoms with Gasteiger partial charge in [0.1, 0.15) is 0 Å². The average molecular weight is 347 g/mol. The maximum atomic E-state index is 12.3. The van der Waals surface area contributed by atoms with E-state index >= 15 is 0 Å². The van der Waals surface area contributed by atoms with Crippen LogP contribution in [-0.2, 0) is 4.79 Å². The molecule has 2 aromatic carbocycles. The minimum atomic E-state index is -0.342. The summed E-state index contributed by atoms with van der Waals surface area (Å²) >= 11 is 0. The second kappa shape index (κ2) is 7.09. The van der Waals surface area contributed by atoms with Gasteiger partial charge in [-0.05, 0) is 28.7 Å². The zero-order valence-electron chi connectivity index (χ0n) is 13.4. The number of carbonyl (C=O) groups excluding carboxylic acids is 1. The van der Waals surface area contributed by atoms with Crippen molar-refractivity contribution in [3.63, 3.8) is 0 Å². The molecule has 0 bridgehead atoms. The standard InChI is InChI=1S/C19H22N2O2.ClH/c22-18-11-20-9-15(18)10-21-19(23)17-8-16(17)14-6-5-12-3-1-2-4-13(12)7-14;/h1-7,15-18,20,22H,8-11H2,(H,21,23);1H. The second-order valence-corrected chi connectivity index (χ2v) is 6.79. The summed E-state index contributed by atoms with van der Waals surface area (Å²) < 4.78 is 0. The molecule has 1 aliphatic heterocycles. The average Bonchev–Trinajstić information content (AvgIpc) is 3.28. The van der Waals surface area contributed by atoms with E-state index in [4.69, 9.17) is 0 Å². The van der Waals surface area contributed by atoms with Crippen LogP contribution >= 0.6 is 12.4 Å². The molecule has 1 amide bonds. The third kappa shape index (κ3) is 3.41. The van der Waals surface area contributed by atoms with Crippen molar-refractivity contribution in [1.82, 2.24) is 10.6 Å². The van der Waals surface area contributed by atoms with Gasteiger partial charge in [0, 0.05) is 31.5 Å². The number of aliphatic hydroxyl groups excluding tert-OH is 1. The van der Waals surface area contributed by atoms with E-state index in [1.807, 2.05) is 12.1 Å². The van der Waals surface area contributed by atoms with Gasteiger partial charge in [0.25, 0.3) is 0 Å². The minimum absolute atomic E-state index is 0. The lowest BCUT2D eigenvalue weighted by Gasteiger charge is -2.14. The Morgan fingerprint density at radius 2 is 1.96 bits per heavy atom. The van der Waals surface area contributed by atoms with Crippen LogP contribution in [0, 0.1) is 11.8 Å². The monoisotopic (exact) mass is 346 g/mol. The lowest BCUT2D eigenvalue weighted by atomic mass is 10.0. The largest absolute Gasteiger partial charge is 0.391 e. The van der Waals surface area contributed by atoms with E-state index in [2.05, 4.69) is 41.0 Å². The second-order valence-electron chi connectivity index (χ2n) is 6.79. The van der Waals surface area contributed by atoms with E-state index in [0.29, 0.717) is 19.0 Å². The summed E-state index contributed by atoms with van der Waals surface area (Å²) in [5.41, 5.74) is 1.26. The number of nitrogens with one attached hydrogen (secondary N) is 2. The molecule has 2 aromatic rings. The van der Waals surface area contributed by atoms with Gasteiger partial charge < -0.3 is 15.7 Å². The van der Waals surface area contributed by atoms with Crippen molar-refractivity contribution in [3.05, 3.63) is 48.0 Å². The summed E-state index contributed by atoms with van der Waals surface area (Å²) in [5.74, 6) is 0.688. The van der Waals surface area contributed by atoms with Crippen LogP contribution in [0.5, 0.6) is 0 Å². The Kier molecular flexibility index (Phi) is 5.09. The molecule has 4 rings (SSSR count). The van der Waals surface area contributed by atoms with E-state index in [-0.39, 0.29) is 36.3 Å². The summed E-state index contributed by atoms with van der Waals surface area (Å²) in [4.78, 5) is 12.3. The molecule has 1 heterocycles. The zero-order valence-corrected chi connectivity index (χ0v) is 14.3. The molecule has 5 heteroatoms. The Labute approximate surface area is 148 Å². The van der Waals surface area contributed by atoms with E-state index < -0.39 is 0 Å². The summed E-state index contributed by atoms with van der Waals surface area (Å²) in [6, 6.07) is 14.8. The summed E-state index contributed by atoms with van der Waals surface area (Å²) in [5, 5.41) is 18.4. The van der Waals surface area contributed by atoms with Gasteiger partial charge in [0.15, 0.2) is 0 Å². The van der Waals surface area contributed by atoms with Crippen molar-refractivity contribution in [2.24, 2.45) is 11.8 Å². The number of amides is 1. The maximum absolute atomic E-state index is 12.3. The molecule has 2 aliphatic rings. The van der Waals surface area contributed by atoms with Crippen LogP contribution in [0.3, 0.4) is 0 Å². The first kappa shape index (κ1) is 17.2. The van der Waals surface area contributed by atoms with E-state index in [9.17, 15) is 9.90 Å². The highest BCUT2D eigenvalue weighted by Gasteiger charge is 2.44. The molecule has 0 spiro atoms. The third-order valence-electron chi connectivity index (χ3n) is 5.17. The number of aliphatic hydroxyl groups is 1. The van der Waals surface area contributed by atoms with Gasteiger partial charge in [-0.3, -0.25) is 4.79 Å². The quantitative estimate of drug-likeness (QED) is 0.794. The lowest BCUT2D eigenvalue weighted by molar-refractivity contribution is -0.122. The lowest BCUT2D eigenvalue weighted by Crippen LogP contribution is -2.35. The Morgan fingerprint density at radius 1 is 1.17 bits per heavy atom. The zero-order chi connectivity index (χ0) is 15.8. The molecule has 128 valence electrons. The normalized spacial score (nSPS) is 28.4. The molecular formula is C19H23ClN2O2. The SMILES string of the molecule is Cl.O=C(NCC1CNCC1O)C1CC1c1ccc2ccccc2c1. The molecule has 4 atom stereocenters. The predicted molar refractivity (Wildman–Crippen MR) is 97.4 cm³/mol. The van der Waals surface area contributed by atoms with Crippen molar-refractivity contribution >= 4 is 29.1 Å². The molecule has 0 radical (unpaired) electrons. The molecule has 2 fully saturated rings. The Hall–Kier alpha value is -1.62. The molecule has 1 saturated carbocycles. The van der Waals surface area contributed by atoms with Crippen molar-refractivity contribution in [3.8, 4) is 0 Å². The fourth-order valence-corrected chi connectivity index (χ4v) is 3.58. The fourth-order valence-electron chi connectivity index (χ4n) is 3.58. The van der Waals surface area contributed by atoms with E-state index in [0.717, 1.165) is 13.0 Å². The number of benzene rings is 2. The number of hydrogen-bond donors (Lipinski definition) is 3. The Balaban J connectivity index is 0.00000169. The smallest absolute Gasteiger partial charge is 0.223 e. The minimum Gasteiger partial charge on any atom is -0.391 e. The van der Waals surface area contributed by atoms with Crippen LogP contribution in [0.25, 0.3) is 10.8 Å². The van der Waals surface area contributed by atoms with Gasteiger partial charge in [-0.1, -0.05) is 42.5 Å². The fraction of sp³-hybridized carbons (Fsp3) is 0.421. The molecule has 24 heavy (non-hydrogen) atoms. The molecule has 1 aliphatic carbocycles. The number of hydrogen-bond acceptors (Lipinski definition) is 3. The van der Waals surface area contributed by atoms with E-state index in [1.54, 1.807) is 0 Å². The van der Waals surface area contributed by atoms with Gasteiger partial charge in [0.05, 0.1) is 6.10 Å². The highest BCUT2D eigenvalue weighted by Crippen LogP contribution is 2.48. The molecule has 1 saturated heterocycles. The summed E-state index contributed by atoms with van der Waals surface area (Å²) in [6.45, 7) is 1.97. The number of fused-ring (bicyclic) bond motifs is 1. The van der Waals surface area contributed by atoms with Crippen molar-refractivity contribution in [2.75, 3.05) is 19.6 Å². The first-order chi connectivity index (χ1) is 11.2. The van der Waals surface area contributed by atoms with Crippen LogP contribution < -0.4 is 10.6 Å². The molecule has 3 N–H and O–H groups in total. The molecule has 4 nitrogen and oxygen atoms in total. The highest BCUT2D eigenvalue weighted by molar-refractivity contribution is 5.86. The van der Waals surface area contributed by atoms with E-state index in [1.165, 1.54) is 16.3 Å².